The van der Waals surface area contributed by atoms with Crippen LogP contribution in [0.2, 0.25) is 0 Å². The number of amides is 1. The van der Waals surface area contributed by atoms with Gasteiger partial charge in [0.05, 0.1) is 9.82 Å². The van der Waals surface area contributed by atoms with Gasteiger partial charge in [-0.05, 0) is 43.3 Å². The molecule has 29 heavy (non-hydrogen) atoms. The van der Waals surface area contributed by atoms with E-state index in [1.54, 1.807) is 19.1 Å². The highest BCUT2D eigenvalue weighted by molar-refractivity contribution is 7.92. The number of nitrogens with zero attached hydrogens (tertiary/aromatic N) is 4. The molecule has 0 fully saturated rings. The summed E-state index contributed by atoms with van der Waals surface area (Å²) in [5.41, 5.74) is 0.537. The molecule has 0 radical (unpaired) electrons. The number of nitro groups is 1. The molecule has 0 aliphatic heterocycles. The van der Waals surface area contributed by atoms with Crippen LogP contribution in [0.25, 0.3) is 0 Å². The Morgan fingerprint density at radius 2 is 1.72 bits per heavy atom. The quantitative estimate of drug-likeness (QED) is 0.443. The first-order valence-electron chi connectivity index (χ1n) is 8.28. The fraction of sp³-hybridized carbons (Fsp3) is 0.118. The molecule has 150 valence electrons. The number of hydrogen-bond acceptors (Lipinski definition) is 7. The van der Waals surface area contributed by atoms with Gasteiger partial charge in [0, 0.05) is 23.5 Å². The Bertz CT molecular complexity index is 1110. The van der Waals surface area contributed by atoms with Crippen LogP contribution in [0.5, 0.6) is 0 Å². The van der Waals surface area contributed by atoms with Gasteiger partial charge in [-0.1, -0.05) is 0 Å². The average Bonchev–Trinajstić information content (AvgIpc) is 3.23. The highest BCUT2D eigenvalue weighted by atomic mass is 32.2. The average molecular weight is 416 g/mol. The number of sulfonamides is 1. The van der Waals surface area contributed by atoms with E-state index in [0.29, 0.717) is 5.69 Å². The zero-order chi connectivity index (χ0) is 21.0. The second-order valence-electron chi connectivity index (χ2n) is 5.97. The maximum absolute atomic E-state index is 12.4. The number of benzene rings is 2. The Balaban J connectivity index is 1.66. The van der Waals surface area contributed by atoms with Crippen molar-refractivity contribution in [1.82, 2.24) is 14.8 Å². The van der Waals surface area contributed by atoms with E-state index in [-0.39, 0.29) is 22.2 Å². The lowest BCUT2D eigenvalue weighted by Crippen LogP contribution is -2.24. The predicted molar refractivity (Wildman–Crippen MR) is 104 cm³/mol. The number of nitrogens with one attached hydrogen (secondary N) is 2. The van der Waals surface area contributed by atoms with Crippen LogP contribution < -0.4 is 10.0 Å². The second kappa shape index (κ2) is 8.06. The zero-order valence-electron chi connectivity index (χ0n) is 15.1. The minimum atomic E-state index is -3.91. The summed E-state index contributed by atoms with van der Waals surface area (Å²) in [5.74, 6) is -0.310. The van der Waals surface area contributed by atoms with Gasteiger partial charge in [-0.25, -0.2) is 18.1 Å². The molecule has 3 rings (SSSR count). The van der Waals surface area contributed by atoms with Crippen molar-refractivity contribution in [2.45, 2.75) is 17.9 Å². The molecular weight excluding hydrogens is 400 g/mol. The Kier molecular flexibility index (Phi) is 5.54. The Morgan fingerprint density at radius 3 is 2.28 bits per heavy atom. The Morgan fingerprint density at radius 1 is 1.10 bits per heavy atom. The lowest BCUT2D eigenvalue weighted by molar-refractivity contribution is -0.384. The molecule has 0 saturated heterocycles. The number of nitro benzene ring substituents is 1. The van der Waals surface area contributed by atoms with Crippen molar-refractivity contribution in [2.24, 2.45) is 0 Å². The summed E-state index contributed by atoms with van der Waals surface area (Å²) in [4.78, 5) is 26.0. The van der Waals surface area contributed by atoms with Crippen molar-refractivity contribution in [3.8, 4) is 0 Å². The molecule has 0 spiro atoms. The first kappa shape index (κ1) is 19.9. The van der Waals surface area contributed by atoms with Crippen LogP contribution >= 0.6 is 0 Å². The molecule has 2 aromatic carbocycles. The number of carbonyl (C=O) groups excluding carboxylic acids is 1. The summed E-state index contributed by atoms with van der Waals surface area (Å²) >= 11 is 0. The van der Waals surface area contributed by atoms with Crippen LogP contribution in [0.4, 0.5) is 17.1 Å². The number of non-ortho nitro benzene ring substituents is 1. The summed E-state index contributed by atoms with van der Waals surface area (Å²) in [5, 5.41) is 17.3. The Labute approximate surface area is 165 Å². The van der Waals surface area contributed by atoms with Crippen molar-refractivity contribution in [3.63, 3.8) is 0 Å². The minimum Gasteiger partial charge on any atom is -0.324 e. The molecule has 1 unspecified atom stereocenters. The third-order valence-electron chi connectivity index (χ3n) is 3.98. The number of hydrogen-bond donors (Lipinski definition) is 2. The number of carbonyl (C=O) groups is 1. The molecular formula is C17H16N6O5S. The standard InChI is InChI=1S/C17H16N6O5S/c1-12(22-11-18-10-19-22)17(24)20-13-2-4-14(5-3-13)21-29(27,28)16-8-6-15(7-9-16)23(25)26/h2-12,21H,1H3,(H,20,24). The van der Waals surface area contributed by atoms with Crippen LogP contribution in [0, 0.1) is 10.1 Å². The highest BCUT2D eigenvalue weighted by Crippen LogP contribution is 2.21. The van der Waals surface area contributed by atoms with Gasteiger partial charge in [-0.15, -0.1) is 0 Å². The molecule has 0 aliphatic carbocycles. The first-order chi connectivity index (χ1) is 13.8. The topological polar surface area (TPSA) is 149 Å². The number of aromatic nitrogens is 3. The van der Waals surface area contributed by atoms with E-state index in [1.165, 1.54) is 29.5 Å². The van der Waals surface area contributed by atoms with Gasteiger partial charge in [0.2, 0.25) is 5.91 Å². The SMILES string of the molecule is CC(C(=O)Nc1ccc(NS(=O)(=O)c2ccc([N+](=O)[O-])cc2)cc1)n1cncn1. The number of rotatable bonds is 7. The van der Waals surface area contributed by atoms with Crippen molar-refractivity contribution >= 4 is 33.0 Å². The monoisotopic (exact) mass is 416 g/mol. The van der Waals surface area contributed by atoms with Crippen LogP contribution in [-0.4, -0.2) is 34.0 Å². The lowest BCUT2D eigenvalue weighted by Gasteiger charge is -2.13. The van der Waals surface area contributed by atoms with E-state index in [2.05, 4.69) is 20.1 Å². The normalized spacial score (nSPS) is 12.2. The van der Waals surface area contributed by atoms with Gasteiger partial charge in [0.1, 0.15) is 18.7 Å². The van der Waals surface area contributed by atoms with Crippen LogP contribution in [0.1, 0.15) is 13.0 Å². The largest absolute Gasteiger partial charge is 0.324 e. The maximum atomic E-state index is 12.4. The highest BCUT2D eigenvalue weighted by Gasteiger charge is 2.17. The van der Waals surface area contributed by atoms with Crippen LogP contribution in [0.15, 0.2) is 66.1 Å². The van der Waals surface area contributed by atoms with E-state index in [1.807, 2.05) is 0 Å². The molecule has 3 aromatic rings. The van der Waals surface area contributed by atoms with E-state index in [4.69, 9.17) is 0 Å². The Hall–Kier alpha value is -3.80. The van der Waals surface area contributed by atoms with Crippen molar-refractivity contribution < 1.29 is 18.1 Å². The molecule has 1 atom stereocenters. The smallest absolute Gasteiger partial charge is 0.269 e. The molecule has 1 amide bonds. The van der Waals surface area contributed by atoms with Crippen LogP contribution in [0.3, 0.4) is 0 Å². The van der Waals surface area contributed by atoms with Crippen molar-refractivity contribution in [3.05, 3.63) is 71.3 Å². The summed E-state index contributed by atoms with van der Waals surface area (Å²) in [6.07, 6.45) is 2.76. The maximum Gasteiger partial charge on any atom is 0.269 e. The van der Waals surface area contributed by atoms with Gasteiger partial charge in [0.25, 0.3) is 15.7 Å². The van der Waals surface area contributed by atoms with E-state index < -0.39 is 21.0 Å². The van der Waals surface area contributed by atoms with Crippen molar-refractivity contribution in [1.29, 1.82) is 0 Å². The molecule has 0 aliphatic rings. The van der Waals surface area contributed by atoms with Gasteiger partial charge in [-0.3, -0.25) is 19.6 Å². The molecule has 0 saturated carbocycles. The van der Waals surface area contributed by atoms with E-state index in [0.717, 1.165) is 24.3 Å². The van der Waals surface area contributed by atoms with Crippen LogP contribution in [-0.2, 0) is 14.8 Å². The molecule has 12 heteroatoms. The minimum absolute atomic E-state index is 0.109. The summed E-state index contributed by atoms with van der Waals surface area (Å²) in [6, 6.07) is 10.0. The molecule has 1 heterocycles. The third kappa shape index (κ3) is 4.73. The van der Waals surface area contributed by atoms with Gasteiger partial charge >= 0.3 is 0 Å². The summed E-state index contributed by atoms with van der Waals surface area (Å²) in [7, 11) is -3.91. The summed E-state index contributed by atoms with van der Waals surface area (Å²) < 4.78 is 28.6. The van der Waals surface area contributed by atoms with E-state index in [9.17, 15) is 23.3 Å². The number of anilines is 2. The van der Waals surface area contributed by atoms with Crippen molar-refractivity contribution in [2.75, 3.05) is 10.0 Å². The molecule has 2 N–H and O–H groups in total. The molecule has 11 nitrogen and oxygen atoms in total. The van der Waals surface area contributed by atoms with Gasteiger partial charge in [0.15, 0.2) is 0 Å². The lowest BCUT2D eigenvalue weighted by atomic mass is 10.2. The molecule has 0 bridgehead atoms. The first-order valence-corrected chi connectivity index (χ1v) is 9.77. The second-order valence-corrected chi connectivity index (χ2v) is 7.66. The zero-order valence-corrected chi connectivity index (χ0v) is 15.9. The predicted octanol–water partition coefficient (Wildman–Crippen LogP) is 2.19. The summed E-state index contributed by atoms with van der Waals surface area (Å²) in [6.45, 7) is 1.66. The fourth-order valence-corrected chi connectivity index (χ4v) is 3.43. The molecule has 1 aromatic heterocycles. The fourth-order valence-electron chi connectivity index (χ4n) is 2.37. The van der Waals surface area contributed by atoms with Gasteiger partial charge < -0.3 is 5.32 Å². The third-order valence-corrected chi connectivity index (χ3v) is 5.37. The van der Waals surface area contributed by atoms with E-state index >= 15 is 0 Å². The van der Waals surface area contributed by atoms with Gasteiger partial charge in [-0.2, -0.15) is 5.10 Å².